The fourth-order valence-corrected chi connectivity index (χ4v) is 3.57. The molecule has 2 aromatic rings. The highest BCUT2D eigenvalue weighted by molar-refractivity contribution is 5.95. The number of hydrogen-bond acceptors (Lipinski definition) is 3. The summed E-state index contributed by atoms with van der Waals surface area (Å²) in [6.07, 6.45) is 4.52. The zero-order valence-electron chi connectivity index (χ0n) is 15.2. The van der Waals surface area contributed by atoms with Crippen molar-refractivity contribution in [3.63, 3.8) is 0 Å². The molecule has 1 unspecified atom stereocenters. The van der Waals surface area contributed by atoms with E-state index in [1.165, 1.54) is 12.1 Å². The first-order valence-electron chi connectivity index (χ1n) is 8.90. The van der Waals surface area contributed by atoms with Gasteiger partial charge in [0.25, 0.3) is 5.91 Å². The predicted molar refractivity (Wildman–Crippen MR) is 103 cm³/mol. The van der Waals surface area contributed by atoms with E-state index >= 15 is 0 Å². The Hall–Kier alpha value is -1.92. The topological polar surface area (TPSA) is 50.2 Å². The van der Waals surface area contributed by atoms with Gasteiger partial charge in [0.1, 0.15) is 5.82 Å². The first kappa shape index (κ1) is 20.4. The number of amides is 1. The minimum absolute atomic E-state index is 0. The number of halogens is 2. The van der Waals surface area contributed by atoms with Gasteiger partial charge in [-0.05, 0) is 63.0 Å². The number of nitrogens with zero attached hydrogens (tertiary/aromatic N) is 3. The molecule has 5 nitrogen and oxygen atoms in total. The lowest BCUT2D eigenvalue weighted by Gasteiger charge is -2.32. The van der Waals surface area contributed by atoms with E-state index in [1.807, 2.05) is 18.9 Å². The molecule has 1 fully saturated rings. The molecule has 26 heavy (non-hydrogen) atoms. The van der Waals surface area contributed by atoms with Crippen molar-refractivity contribution in [2.45, 2.75) is 26.2 Å². The molecule has 3 rings (SSSR count). The second kappa shape index (κ2) is 9.14. The van der Waals surface area contributed by atoms with Crippen LogP contribution >= 0.6 is 12.4 Å². The monoisotopic (exact) mass is 380 g/mol. The van der Waals surface area contributed by atoms with Crippen LogP contribution in [0.5, 0.6) is 0 Å². The Morgan fingerprint density at radius 1 is 1.35 bits per heavy atom. The summed E-state index contributed by atoms with van der Waals surface area (Å²) in [6.45, 7) is 4.52. The van der Waals surface area contributed by atoms with Crippen molar-refractivity contribution < 1.29 is 9.18 Å². The first-order valence-corrected chi connectivity index (χ1v) is 8.90. The van der Waals surface area contributed by atoms with Crippen LogP contribution in [-0.4, -0.2) is 47.3 Å². The SMILES string of the molecule is CCc1c(C(=O)N2CCCC(CNC)C2)cnn1-c1ccc(F)cc1.Cl. The Kier molecular flexibility index (Phi) is 7.17. The van der Waals surface area contributed by atoms with Crippen LogP contribution in [0.4, 0.5) is 4.39 Å². The van der Waals surface area contributed by atoms with E-state index in [0.717, 1.165) is 43.9 Å². The molecule has 1 atom stereocenters. The third-order valence-corrected chi connectivity index (χ3v) is 4.80. The van der Waals surface area contributed by atoms with Crippen molar-refractivity contribution in [1.82, 2.24) is 20.0 Å². The molecule has 1 saturated heterocycles. The van der Waals surface area contributed by atoms with Crippen LogP contribution in [0.25, 0.3) is 5.69 Å². The number of likely N-dealkylation sites (tertiary alicyclic amines) is 1. The zero-order valence-corrected chi connectivity index (χ0v) is 16.1. The average molecular weight is 381 g/mol. The molecule has 1 aliphatic rings. The summed E-state index contributed by atoms with van der Waals surface area (Å²) in [5.74, 6) is 0.264. The third-order valence-electron chi connectivity index (χ3n) is 4.80. The summed E-state index contributed by atoms with van der Waals surface area (Å²) in [4.78, 5) is 15.0. The van der Waals surface area contributed by atoms with Crippen LogP contribution < -0.4 is 5.32 Å². The summed E-state index contributed by atoms with van der Waals surface area (Å²) in [5.41, 5.74) is 2.29. The van der Waals surface area contributed by atoms with Gasteiger partial charge in [-0.3, -0.25) is 4.79 Å². The lowest BCUT2D eigenvalue weighted by Crippen LogP contribution is -2.42. The lowest BCUT2D eigenvalue weighted by atomic mass is 9.97. The Morgan fingerprint density at radius 2 is 2.08 bits per heavy atom. The molecule has 0 spiro atoms. The van der Waals surface area contributed by atoms with Gasteiger partial charge in [0.15, 0.2) is 0 Å². The van der Waals surface area contributed by atoms with Gasteiger partial charge in [-0.15, -0.1) is 12.4 Å². The Labute approximate surface area is 160 Å². The molecule has 1 aromatic heterocycles. The van der Waals surface area contributed by atoms with Gasteiger partial charge in [0.05, 0.1) is 23.1 Å². The Morgan fingerprint density at radius 3 is 2.73 bits per heavy atom. The molecule has 1 aromatic carbocycles. The van der Waals surface area contributed by atoms with Crippen molar-refractivity contribution in [3.05, 3.63) is 47.5 Å². The summed E-state index contributed by atoms with van der Waals surface area (Å²) >= 11 is 0. The number of rotatable bonds is 5. The fourth-order valence-electron chi connectivity index (χ4n) is 3.57. The Balaban J connectivity index is 0.00000243. The van der Waals surface area contributed by atoms with E-state index in [1.54, 1.807) is 23.0 Å². The fraction of sp³-hybridized carbons (Fsp3) is 0.474. The second-order valence-electron chi connectivity index (χ2n) is 6.56. The van der Waals surface area contributed by atoms with Crippen LogP contribution in [0.2, 0.25) is 0 Å². The Bertz CT molecular complexity index is 730. The van der Waals surface area contributed by atoms with Gasteiger partial charge in [-0.2, -0.15) is 5.10 Å². The smallest absolute Gasteiger partial charge is 0.257 e. The van der Waals surface area contributed by atoms with Crippen molar-refractivity contribution in [3.8, 4) is 5.69 Å². The minimum Gasteiger partial charge on any atom is -0.338 e. The van der Waals surface area contributed by atoms with Crippen LogP contribution in [0.15, 0.2) is 30.5 Å². The summed E-state index contributed by atoms with van der Waals surface area (Å²) in [5, 5.41) is 7.60. The summed E-state index contributed by atoms with van der Waals surface area (Å²) in [7, 11) is 1.95. The predicted octanol–water partition coefficient (Wildman–Crippen LogP) is 3.07. The number of aromatic nitrogens is 2. The van der Waals surface area contributed by atoms with E-state index in [-0.39, 0.29) is 24.1 Å². The number of piperidine rings is 1. The summed E-state index contributed by atoms with van der Waals surface area (Å²) in [6, 6.07) is 6.18. The van der Waals surface area contributed by atoms with E-state index < -0.39 is 0 Å². The number of benzene rings is 1. The van der Waals surface area contributed by atoms with E-state index in [2.05, 4.69) is 10.4 Å². The third kappa shape index (κ3) is 4.24. The quantitative estimate of drug-likeness (QED) is 0.867. The second-order valence-corrected chi connectivity index (χ2v) is 6.56. The first-order chi connectivity index (χ1) is 12.1. The molecule has 142 valence electrons. The highest BCUT2D eigenvalue weighted by Crippen LogP contribution is 2.22. The molecule has 2 heterocycles. The standard InChI is InChI=1S/C19H25FN4O.ClH/c1-3-18-17(12-22-24(18)16-8-6-15(20)7-9-16)19(25)23-10-4-5-14(13-23)11-21-2;/h6-9,12,14,21H,3-5,10-11,13H2,1-2H3;1H. The molecule has 0 radical (unpaired) electrons. The van der Waals surface area contributed by atoms with Gasteiger partial charge in [0.2, 0.25) is 0 Å². The van der Waals surface area contributed by atoms with E-state index in [9.17, 15) is 9.18 Å². The molecular weight excluding hydrogens is 355 g/mol. The van der Waals surface area contributed by atoms with Crippen molar-refractivity contribution in [1.29, 1.82) is 0 Å². The number of hydrogen-bond donors (Lipinski definition) is 1. The van der Waals surface area contributed by atoms with Gasteiger partial charge in [-0.25, -0.2) is 9.07 Å². The molecule has 1 aliphatic heterocycles. The van der Waals surface area contributed by atoms with Crippen molar-refractivity contribution in [2.75, 3.05) is 26.7 Å². The number of nitrogens with one attached hydrogen (secondary N) is 1. The molecule has 0 bridgehead atoms. The largest absolute Gasteiger partial charge is 0.338 e. The molecular formula is C19H26ClFN4O. The van der Waals surface area contributed by atoms with E-state index in [0.29, 0.717) is 17.9 Å². The van der Waals surface area contributed by atoms with Gasteiger partial charge >= 0.3 is 0 Å². The highest BCUT2D eigenvalue weighted by Gasteiger charge is 2.27. The maximum Gasteiger partial charge on any atom is 0.257 e. The van der Waals surface area contributed by atoms with Crippen LogP contribution in [-0.2, 0) is 6.42 Å². The highest BCUT2D eigenvalue weighted by atomic mass is 35.5. The molecule has 0 saturated carbocycles. The minimum atomic E-state index is -0.283. The molecule has 1 amide bonds. The van der Waals surface area contributed by atoms with Crippen LogP contribution in [0.3, 0.4) is 0 Å². The maximum atomic E-state index is 13.2. The lowest BCUT2D eigenvalue weighted by molar-refractivity contribution is 0.0673. The maximum absolute atomic E-state index is 13.2. The zero-order chi connectivity index (χ0) is 17.8. The average Bonchev–Trinajstić information content (AvgIpc) is 3.06. The summed E-state index contributed by atoms with van der Waals surface area (Å²) < 4.78 is 14.9. The molecule has 7 heteroatoms. The molecule has 1 N–H and O–H groups in total. The number of carbonyl (C=O) groups excluding carboxylic acids is 1. The number of carbonyl (C=O) groups is 1. The van der Waals surface area contributed by atoms with Gasteiger partial charge < -0.3 is 10.2 Å². The van der Waals surface area contributed by atoms with Gasteiger partial charge in [-0.1, -0.05) is 6.92 Å². The van der Waals surface area contributed by atoms with Crippen LogP contribution in [0, 0.1) is 11.7 Å². The molecule has 0 aliphatic carbocycles. The van der Waals surface area contributed by atoms with Crippen LogP contribution in [0.1, 0.15) is 35.8 Å². The van der Waals surface area contributed by atoms with E-state index in [4.69, 9.17) is 0 Å². The van der Waals surface area contributed by atoms with Crippen molar-refractivity contribution >= 4 is 18.3 Å². The van der Waals surface area contributed by atoms with Gasteiger partial charge in [0, 0.05) is 13.1 Å². The van der Waals surface area contributed by atoms with Crippen molar-refractivity contribution in [2.24, 2.45) is 5.92 Å². The normalized spacial score (nSPS) is 17.0.